The molecule has 1 saturated heterocycles. The summed E-state index contributed by atoms with van der Waals surface area (Å²) < 4.78 is 13.8. The predicted octanol–water partition coefficient (Wildman–Crippen LogP) is 2.36. The van der Waals surface area contributed by atoms with Crippen molar-refractivity contribution in [1.29, 1.82) is 0 Å². The van der Waals surface area contributed by atoms with Crippen molar-refractivity contribution < 1.29 is 18.9 Å². The molecule has 2 amide bonds. The Balaban J connectivity index is 1.44. The lowest BCUT2D eigenvalue weighted by atomic mass is 10.2. The number of carbonyl (C=O) groups excluding carboxylic acids is 2. The number of amides is 2. The number of halogens is 2. The molecule has 9 nitrogen and oxygen atoms in total. The second-order valence-corrected chi connectivity index (χ2v) is 7.48. The summed E-state index contributed by atoms with van der Waals surface area (Å²) in [5, 5.41) is 13.3. The molecule has 0 bridgehead atoms. The Labute approximate surface area is 180 Å². The Hall–Kier alpha value is -3.08. The van der Waals surface area contributed by atoms with Gasteiger partial charge in [-0.15, -0.1) is 0 Å². The fourth-order valence-corrected chi connectivity index (χ4v) is 3.49. The highest BCUT2D eigenvalue weighted by Crippen LogP contribution is 2.19. The van der Waals surface area contributed by atoms with Crippen molar-refractivity contribution >= 4 is 39.2 Å². The number of rotatable bonds is 6. The van der Waals surface area contributed by atoms with Crippen molar-refractivity contribution in [2.45, 2.75) is 6.42 Å². The molecule has 0 saturated carbocycles. The average molecular weight is 480 g/mol. The second-order valence-electron chi connectivity index (χ2n) is 6.63. The van der Waals surface area contributed by atoms with Crippen molar-refractivity contribution in [2.75, 3.05) is 37.6 Å². The largest absolute Gasteiger partial charge is 0.353 e. The van der Waals surface area contributed by atoms with Crippen molar-refractivity contribution in [3.63, 3.8) is 0 Å². The normalized spacial score (nSPS) is 13.8. The van der Waals surface area contributed by atoms with Gasteiger partial charge < -0.3 is 15.1 Å². The van der Waals surface area contributed by atoms with Gasteiger partial charge in [-0.3, -0.25) is 19.7 Å². The average Bonchev–Trinajstić information content (AvgIpc) is 2.75. The smallest absolute Gasteiger partial charge is 0.287 e. The molecule has 2 heterocycles. The molecule has 0 unspecified atom stereocenters. The van der Waals surface area contributed by atoms with E-state index in [0.717, 1.165) is 6.07 Å². The lowest BCUT2D eigenvalue weighted by Gasteiger charge is -2.35. The Morgan fingerprint density at radius 3 is 2.57 bits per heavy atom. The number of aromatic nitrogens is 1. The Morgan fingerprint density at radius 2 is 1.93 bits per heavy atom. The van der Waals surface area contributed by atoms with Crippen LogP contribution < -0.4 is 10.2 Å². The number of hydrogen-bond donors (Lipinski definition) is 1. The molecule has 1 N–H and O–H groups in total. The zero-order chi connectivity index (χ0) is 21.7. The van der Waals surface area contributed by atoms with Gasteiger partial charge in [-0.1, -0.05) is 0 Å². The molecule has 1 aromatic carbocycles. The number of carbonyl (C=O) groups is 2. The molecule has 0 spiro atoms. The van der Waals surface area contributed by atoms with Gasteiger partial charge in [0.05, 0.1) is 10.5 Å². The minimum atomic E-state index is -0.514. The van der Waals surface area contributed by atoms with Gasteiger partial charge in [0.1, 0.15) is 17.8 Å². The molecule has 158 valence electrons. The summed E-state index contributed by atoms with van der Waals surface area (Å²) in [6, 6.07) is 6.83. The van der Waals surface area contributed by atoms with E-state index in [1.54, 1.807) is 11.0 Å². The molecular formula is C19H19BrFN5O4. The molecule has 1 aliphatic heterocycles. The Morgan fingerprint density at radius 1 is 1.20 bits per heavy atom. The topological polar surface area (TPSA) is 109 Å². The van der Waals surface area contributed by atoms with Crippen molar-refractivity contribution in [3.05, 3.63) is 62.5 Å². The van der Waals surface area contributed by atoms with Gasteiger partial charge in [-0.05, 0) is 40.2 Å². The molecule has 1 aromatic heterocycles. The van der Waals surface area contributed by atoms with Gasteiger partial charge in [-0.2, -0.15) is 0 Å². The van der Waals surface area contributed by atoms with Crippen LogP contribution in [0.1, 0.15) is 16.8 Å². The first-order chi connectivity index (χ1) is 14.3. The van der Waals surface area contributed by atoms with Crippen molar-refractivity contribution in [3.8, 4) is 0 Å². The van der Waals surface area contributed by atoms with E-state index in [9.17, 15) is 24.1 Å². The van der Waals surface area contributed by atoms with Crippen LogP contribution >= 0.6 is 15.9 Å². The van der Waals surface area contributed by atoms with Crippen LogP contribution in [-0.2, 0) is 4.79 Å². The minimum Gasteiger partial charge on any atom is -0.353 e. The standard InChI is InChI=1S/C19H19BrFN5O4/c20-16-3-1-13(21)11-15(16)19(28)22-6-5-18(27)25-9-7-24(8-10-25)17-4-2-14(12-23-17)26(29)30/h1-4,11-12H,5-10H2,(H,22,28). The highest BCUT2D eigenvalue weighted by atomic mass is 79.9. The summed E-state index contributed by atoms with van der Waals surface area (Å²) in [7, 11) is 0. The number of piperazine rings is 1. The van der Waals surface area contributed by atoms with E-state index in [1.807, 2.05) is 4.90 Å². The fraction of sp³-hybridized carbons (Fsp3) is 0.316. The van der Waals surface area contributed by atoms with Crippen molar-refractivity contribution in [2.24, 2.45) is 0 Å². The van der Waals surface area contributed by atoms with Gasteiger partial charge in [0.15, 0.2) is 0 Å². The molecule has 0 atom stereocenters. The maximum atomic E-state index is 13.3. The zero-order valence-corrected chi connectivity index (χ0v) is 17.5. The SMILES string of the molecule is O=C(NCCC(=O)N1CCN(c2ccc([N+](=O)[O-])cn2)CC1)c1cc(F)ccc1Br. The van der Waals surface area contributed by atoms with Gasteiger partial charge in [0, 0.05) is 49.7 Å². The first kappa shape index (κ1) is 21.6. The first-order valence-corrected chi connectivity index (χ1v) is 10.0. The molecular weight excluding hydrogens is 461 g/mol. The molecule has 0 aliphatic carbocycles. The van der Waals surface area contributed by atoms with E-state index in [4.69, 9.17) is 0 Å². The van der Waals surface area contributed by atoms with E-state index in [-0.39, 0.29) is 30.1 Å². The fourth-order valence-electron chi connectivity index (χ4n) is 3.07. The summed E-state index contributed by atoms with van der Waals surface area (Å²) in [5.74, 6) is -0.436. The van der Waals surface area contributed by atoms with Crippen LogP contribution in [-0.4, -0.2) is 59.3 Å². The van der Waals surface area contributed by atoms with Crippen LogP contribution in [0.25, 0.3) is 0 Å². The maximum absolute atomic E-state index is 13.3. The van der Waals surface area contributed by atoms with Crippen LogP contribution in [0.3, 0.4) is 0 Å². The van der Waals surface area contributed by atoms with E-state index in [1.165, 1.54) is 24.4 Å². The quantitative estimate of drug-likeness (QED) is 0.503. The number of anilines is 1. The predicted molar refractivity (Wildman–Crippen MR) is 111 cm³/mol. The summed E-state index contributed by atoms with van der Waals surface area (Å²) >= 11 is 3.20. The summed E-state index contributed by atoms with van der Waals surface area (Å²) in [5.41, 5.74) is 0.103. The molecule has 3 rings (SSSR count). The molecule has 30 heavy (non-hydrogen) atoms. The molecule has 1 fully saturated rings. The lowest BCUT2D eigenvalue weighted by Crippen LogP contribution is -2.49. The van der Waals surface area contributed by atoms with Gasteiger partial charge in [0.25, 0.3) is 11.6 Å². The first-order valence-electron chi connectivity index (χ1n) is 9.21. The summed E-state index contributed by atoms with van der Waals surface area (Å²) in [6.45, 7) is 2.23. The van der Waals surface area contributed by atoms with E-state index in [0.29, 0.717) is 36.5 Å². The van der Waals surface area contributed by atoms with E-state index >= 15 is 0 Å². The number of benzene rings is 1. The van der Waals surface area contributed by atoms with Gasteiger partial charge >= 0.3 is 0 Å². The number of pyridine rings is 1. The second kappa shape index (κ2) is 9.61. The minimum absolute atomic E-state index is 0.0696. The zero-order valence-electron chi connectivity index (χ0n) is 15.9. The van der Waals surface area contributed by atoms with Crippen LogP contribution in [0, 0.1) is 15.9 Å². The summed E-state index contributed by atoms with van der Waals surface area (Å²) in [4.78, 5) is 42.5. The summed E-state index contributed by atoms with van der Waals surface area (Å²) in [6.07, 6.45) is 1.35. The van der Waals surface area contributed by atoms with E-state index < -0.39 is 16.6 Å². The van der Waals surface area contributed by atoms with Crippen LogP contribution in [0.2, 0.25) is 0 Å². The molecule has 2 aromatic rings. The Bertz CT molecular complexity index is 948. The van der Waals surface area contributed by atoms with Gasteiger partial charge in [-0.25, -0.2) is 9.37 Å². The lowest BCUT2D eigenvalue weighted by molar-refractivity contribution is -0.385. The van der Waals surface area contributed by atoms with E-state index in [2.05, 4.69) is 26.2 Å². The highest BCUT2D eigenvalue weighted by Gasteiger charge is 2.22. The Kier molecular flexibility index (Phi) is 6.93. The van der Waals surface area contributed by atoms with Crippen LogP contribution in [0.5, 0.6) is 0 Å². The third kappa shape index (κ3) is 5.29. The van der Waals surface area contributed by atoms with Gasteiger partial charge in [0.2, 0.25) is 5.91 Å². The number of hydrogen-bond acceptors (Lipinski definition) is 6. The molecule has 11 heteroatoms. The maximum Gasteiger partial charge on any atom is 0.287 e. The monoisotopic (exact) mass is 479 g/mol. The number of nitrogens with zero attached hydrogens (tertiary/aromatic N) is 4. The highest BCUT2D eigenvalue weighted by molar-refractivity contribution is 9.10. The number of nitro groups is 1. The third-order valence-electron chi connectivity index (χ3n) is 4.70. The van der Waals surface area contributed by atoms with Crippen LogP contribution in [0.15, 0.2) is 41.0 Å². The van der Waals surface area contributed by atoms with Crippen molar-refractivity contribution in [1.82, 2.24) is 15.2 Å². The molecule has 1 aliphatic rings. The third-order valence-corrected chi connectivity index (χ3v) is 5.39. The van der Waals surface area contributed by atoms with Crippen LogP contribution in [0.4, 0.5) is 15.9 Å². The number of nitrogens with one attached hydrogen (secondary N) is 1. The molecule has 0 radical (unpaired) electrons.